The van der Waals surface area contributed by atoms with Crippen LogP contribution in [0.3, 0.4) is 0 Å². The van der Waals surface area contributed by atoms with E-state index in [4.69, 9.17) is 10.5 Å². The minimum absolute atomic E-state index is 0.158. The second kappa shape index (κ2) is 4.94. The first-order valence-electron chi connectivity index (χ1n) is 5.10. The molecule has 0 spiro atoms. The molecule has 0 fully saturated rings. The van der Waals surface area contributed by atoms with E-state index in [-0.39, 0.29) is 5.82 Å². The fourth-order valence-electron chi connectivity index (χ4n) is 1.59. The predicted molar refractivity (Wildman–Crippen MR) is 60.2 cm³/mol. The number of nitrogens with zero attached hydrogens (tertiary/aromatic N) is 4. The summed E-state index contributed by atoms with van der Waals surface area (Å²) in [6.07, 6.45) is -2.55. The van der Waals surface area contributed by atoms with Crippen molar-refractivity contribution in [3.05, 3.63) is 18.2 Å². The van der Waals surface area contributed by atoms with E-state index in [2.05, 4.69) is 15.5 Å². The van der Waals surface area contributed by atoms with E-state index >= 15 is 0 Å². The van der Waals surface area contributed by atoms with Crippen molar-refractivity contribution in [1.82, 2.24) is 20.2 Å². The maximum absolute atomic E-state index is 12.4. The van der Waals surface area contributed by atoms with Crippen LogP contribution in [0, 0.1) is 0 Å². The highest BCUT2D eigenvalue weighted by Gasteiger charge is 2.18. The fourth-order valence-corrected chi connectivity index (χ4v) is 1.59. The van der Waals surface area contributed by atoms with E-state index < -0.39 is 13.0 Å². The van der Waals surface area contributed by atoms with E-state index in [1.807, 2.05) is 0 Å². The number of rotatable bonds is 4. The Morgan fingerprint density at radius 2 is 2.22 bits per heavy atom. The van der Waals surface area contributed by atoms with Crippen molar-refractivity contribution in [1.29, 1.82) is 0 Å². The van der Waals surface area contributed by atoms with Crippen LogP contribution in [0.25, 0.3) is 11.4 Å². The summed E-state index contributed by atoms with van der Waals surface area (Å²) in [6.45, 7) is -0.597. The van der Waals surface area contributed by atoms with Gasteiger partial charge in [0.05, 0.1) is 12.7 Å². The van der Waals surface area contributed by atoms with Crippen LogP contribution in [0.4, 0.5) is 14.5 Å². The molecule has 96 valence electrons. The largest absolute Gasteiger partial charge is 0.496 e. The van der Waals surface area contributed by atoms with Gasteiger partial charge in [0.2, 0.25) is 0 Å². The molecule has 0 aliphatic rings. The predicted octanol–water partition coefficient (Wildman–Crippen LogP) is 1.20. The van der Waals surface area contributed by atoms with Gasteiger partial charge >= 0.3 is 0 Å². The molecular weight excluding hydrogens is 244 g/mol. The van der Waals surface area contributed by atoms with Crippen LogP contribution in [-0.4, -0.2) is 33.7 Å². The summed E-state index contributed by atoms with van der Waals surface area (Å²) < 4.78 is 30.9. The molecule has 0 saturated heterocycles. The number of ether oxygens (including phenoxy) is 1. The molecule has 0 aliphatic heterocycles. The average molecular weight is 255 g/mol. The summed E-state index contributed by atoms with van der Waals surface area (Å²) in [6, 6.07) is 4.98. The number of methoxy groups -OCH3 is 1. The van der Waals surface area contributed by atoms with Crippen molar-refractivity contribution in [2.75, 3.05) is 12.8 Å². The molecule has 0 aliphatic carbocycles. The molecule has 18 heavy (non-hydrogen) atoms. The number of hydrogen-bond acceptors (Lipinski definition) is 5. The molecule has 0 amide bonds. The van der Waals surface area contributed by atoms with Gasteiger partial charge in [-0.05, 0) is 22.6 Å². The van der Waals surface area contributed by atoms with E-state index in [9.17, 15) is 8.78 Å². The molecular formula is C10H11F2N5O. The molecule has 0 radical (unpaired) electrons. The standard InChI is InChI=1S/C10H11F2N5O/c1-18-7-4-2-3-6(13)9(7)10-14-15-16-17(10)5-8(11)12/h2-4,8H,5,13H2,1H3. The number of nitrogen functional groups attached to an aromatic ring is 1. The molecule has 2 aromatic rings. The summed E-state index contributed by atoms with van der Waals surface area (Å²) in [5.41, 5.74) is 6.58. The quantitative estimate of drug-likeness (QED) is 0.830. The number of aromatic nitrogens is 4. The highest BCUT2D eigenvalue weighted by molar-refractivity contribution is 5.77. The minimum Gasteiger partial charge on any atom is -0.496 e. The van der Waals surface area contributed by atoms with Crippen molar-refractivity contribution in [3.8, 4) is 17.1 Å². The number of tetrazole rings is 1. The first-order valence-corrected chi connectivity index (χ1v) is 5.10. The van der Waals surface area contributed by atoms with Crippen LogP contribution < -0.4 is 10.5 Å². The maximum Gasteiger partial charge on any atom is 0.258 e. The van der Waals surface area contributed by atoms with Gasteiger partial charge in [0.25, 0.3) is 6.43 Å². The third kappa shape index (κ3) is 2.22. The zero-order valence-corrected chi connectivity index (χ0v) is 9.55. The minimum atomic E-state index is -2.55. The Morgan fingerprint density at radius 3 is 2.89 bits per heavy atom. The van der Waals surface area contributed by atoms with Crippen LogP contribution in [0.5, 0.6) is 5.75 Å². The van der Waals surface area contributed by atoms with Crippen molar-refractivity contribution in [2.45, 2.75) is 13.0 Å². The molecule has 6 nitrogen and oxygen atoms in total. The molecule has 1 aromatic heterocycles. The lowest BCUT2D eigenvalue weighted by molar-refractivity contribution is 0.121. The lowest BCUT2D eigenvalue weighted by Gasteiger charge is -2.10. The summed E-state index contributed by atoms with van der Waals surface area (Å²) in [5, 5.41) is 10.6. The highest BCUT2D eigenvalue weighted by atomic mass is 19.3. The van der Waals surface area contributed by atoms with Gasteiger partial charge in [0.15, 0.2) is 5.82 Å². The molecule has 0 atom stereocenters. The molecule has 8 heteroatoms. The molecule has 0 saturated carbocycles. The number of alkyl halides is 2. The first kappa shape index (κ1) is 12.2. The second-order valence-electron chi connectivity index (χ2n) is 3.50. The second-order valence-corrected chi connectivity index (χ2v) is 3.50. The molecule has 1 aromatic carbocycles. The summed E-state index contributed by atoms with van der Waals surface area (Å²) in [5.74, 6) is 0.588. The number of hydrogen-bond donors (Lipinski definition) is 1. The number of nitrogens with two attached hydrogens (primary N) is 1. The topological polar surface area (TPSA) is 78.8 Å². The van der Waals surface area contributed by atoms with Gasteiger partial charge in [-0.15, -0.1) is 5.10 Å². The molecule has 0 unspecified atom stereocenters. The molecule has 1 heterocycles. The highest BCUT2D eigenvalue weighted by Crippen LogP contribution is 2.33. The van der Waals surface area contributed by atoms with Crippen molar-refractivity contribution in [2.24, 2.45) is 0 Å². The smallest absolute Gasteiger partial charge is 0.258 e. The van der Waals surface area contributed by atoms with Gasteiger partial charge in [-0.25, -0.2) is 13.5 Å². The van der Waals surface area contributed by atoms with Crippen molar-refractivity contribution in [3.63, 3.8) is 0 Å². The van der Waals surface area contributed by atoms with Crippen LogP contribution >= 0.6 is 0 Å². The number of anilines is 1. The van der Waals surface area contributed by atoms with Gasteiger partial charge in [-0.2, -0.15) is 0 Å². The third-order valence-electron chi connectivity index (χ3n) is 2.34. The van der Waals surface area contributed by atoms with E-state index in [0.29, 0.717) is 17.0 Å². The Balaban J connectivity index is 2.52. The normalized spacial score (nSPS) is 10.9. The van der Waals surface area contributed by atoms with Crippen LogP contribution in [-0.2, 0) is 6.54 Å². The summed E-state index contributed by atoms with van der Waals surface area (Å²) in [7, 11) is 1.46. The maximum atomic E-state index is 12.4. The SMILES string of the molecule is COc1cccc(N)c1-c1nnnn1CC(F)F. The van der Waals surface area contributed by atoms with Gasteiger partial charge in [-0.3, -0.25) is 0 Å². The molecule has 0 bridgehead atoms. The Labute approximate surface area is 101 Å². The third-order valence-corrected chi connectivity index (χ3v) is 2.34. The van der Waals surface area contributed by atoms with Crippen molar-refractivity contribution < 1.29 is 13.5 Å². The number of halogens is 2. The summed E-state index contributed by atoms with van der Waals surface area (Å²) in [4.78, 5) is 0. The lowest BCUT2D eigenvalue weighted by atomic mass is 10.1. The van der Waals surface area contributed by atoms with Crippen LogP contribution in [0.15, 0.2) is 18.2 Å². The zero-order chi connectivity index (χ0) is 13.1. The van der Waals surface area contributed by atoms with Gasteiger partial charge in [0.1, 0.15) is 12.3 Å². The molecule has 2 N–H and O–H groups in total. The molecule has 2 rings (SSSR count). The van der Waals surface area contributed by atoms with Crippen LogP contribution in [0.2, 0.25) is 0 Å². The van der Waals surface area contributed by atoms with E-state index in [1.165, 1.54) is 7.11 Å². The summed E-state index contributed by atoms with van der Waals surface area (Å²) >= 11 is 0. The monoisotopic (exact) mass is 255 g/mol. The average Bonchev–Trinajstić information content (AvgIpc) is 2.75. The zero-order valence-electron chi connectivity index (χ0n) is 9.55. The Bertz CT molecular complexity index is 543. The lowest BCUT2D eigenvalue weighted by Crippen LogP contribution is -2.11. The van der Waals surface area contributed by atoms with Gasteiger partial charge < -0.3 is 10.5 Å². The van der Waals surface area contributed by atoms with Gasteiger partial charge in [0, 0.05) is 5.69 Å². The first-order chi connectivity index (χ1) is 8.63. The van der Waals surface area contributed by atoms with Gasteiger partial charge in [-0.1, -0.05) is 6.07 Å². The number of benzene rings is 1. The van der Waals surface area contributed by atoms with Crippen LogP contribution in [0.1, 0.15) is 0 Å². The fraction of sp³-hybridized carbons (Fsp3) is 0.300. The Hall–Kier alpha value is -2.25. The van der Waals surface area contributed by atoms with E-state index in [0.717, 1.165) is 4.68 Å². The Morgan fingerprint density at radius 1 is 1.44 bits per heavy atom. The Kier molecular flexibility index (Phi) is 3.35. The van der Waals surface area contributed by atoms with E-state index in [1.54, 1.807) is 18.2 Å². The van der Waals surface area contributed by atoms with Crippen molar-refractivity contribution >= 4 is 5.69 Å².